The minimum atomic E-state index is 0.481. The van der Waals surface area contributed by atoms with Gasteiger partial charge in [-0.2, -0.15) is 0 Å². The van der Waals surface area contributed by atoms with E-state index in [1.165, 1.54) is 48.8 Å². The molecule has 1 heteroatoms. The summed E-state index contributed by atoms with van der Waals surface area (Å²) in [6, 6.07) is 7.51. The number of aryl methyl sites for hydroxylation is 2. The van der Waals surface area contributed by atoms with Crippen LogP contribution in [0.5, 0.6) is 0 Å². The van der Waals surface area contributed by atoms with Gasteiger partial charge in [0.15, 0.2) is 0 Å². The highest BCUT2D eigenvalue weighted by molar-refractivity contribution is 5.32. The molecule has 1 aromatic carbocycles. The second-order valence-corrected chi connectivity index (χ2v) is 6.07. The highest BCUT2D eigenvalue weighted by Crippen LogP contribution is 2.50. The van der Waals surface area contributed by atoms with Gasteiger partial charge in [0.1, 0.15) is 0 Å². The van der Waals surface area contributed by atoms with E-state index < -0.39 is 0 Å². The summed E-state index contributed by atoms with van der Waals surface area (Å²) < 4.78 is 0. The van der Waals surface area contributed by atoms with Crippen LogP contribution in [0.1, 0.15) is 61.8 Å². The van der Waals surface area contributed by atoms with Crippen LogP contribution in [0.25, 0.3) is 0 Å². The molecule has 1 N–H and O–H groups in total. The SMILES string of the molecule is CCC1(C(NC)c2cc(C)cc(C)c2)CCCC1. The van der Waals surface area contributed by atoms with Gasteiger partial charge in [-0.1, -0.05) is 49.1 Å². The molecular weight excluding hydrogens is 218 g/mol. The first-order chi connectivity index (χ1) is 8.61. The molecule has 2 rings (SSSR count). The molecule has 1 aromatic rings. The molecule has 0 bridgehead atoms. The molecule has 1 saturated carbocycles. The van der Waals surface area contributed by atoms with Gasteiger partial charge in [0.25, 0.3) is 0 Å². The Morgan fingerprint density at radius 1 is 1.11 bits per heavy atom. The predicted molar refractivity (Wildman–Crippen MR) is 78.9 cm³/mol. The van der Waals surface area contributed by atoms with Crippen molar-refractivity contribution in [1.82, 2.24) is 5.32 Å². The summed E-state index contributed by atoms with van der Waals surface area (Å²) in [5, 5.41) is 3.61. The Morgan fingerprint density at radius 3 is 2.11 bits per heavy atom. The molecule has 1 aliphatic rings. The third-order valence-electron chi connectivity index (χ3n) is 4.78. The highest BCUT2D eigenvalue weighted by atomic mass is 14.9. The van der Waals surface area contributed by atoms with Gasteiger partial charge in [-0.25, -0.2) is 0 Å². The van der Waals surface area contributed by atoms with E-state index in [2.05, 4.69) is 51.3 Å². The third-order valence-corrected chi connectivity index (χ3v) is 4.78. The topological polar surface area (TPSA) is 12.0 Å². The maximum atomic E-state index is 3.61. The van der Waals surface area contributed by atoms with Crippen LogP contribution in [0, 0.1) is 19.3 Å². The minimum absolute atomic E-state index is 0.481. The summed E-state index contributed by atoms with van der Waals surface area (Å²) in [5.74, 6) is 0. The summed E-state index contributed by atoms with van der Waals surface area (Å²) in [7, 11) is 2.12. The molecule has 0 aromatic heterocycles. The smallest absolute Gasteiger partial charge is 0.0374 e. The molecule has 18 heavy (non-hydrogen) atoms. The Bertz CT molecular complexity index is 382. The van der Waals surface area contributed by atoms with Crippen molar-refractivity contribution >= 4 is 0 Å². The van der Waals surface area contributed by atoms with Crippen LogP contribution in [0.3, 0.4) is 0 Å². The molecule has 100 valence electrons. The van der Waals surface area contributed by atoms with Crippen molar-refractivity contribution in [3.63, 3.8) is 0 Å². The maximum Gasteiger partial charge on any atom is 0.0374 e. The number of hydrogen-bond acceptors (Lipinski definition) is 1. The van der Waals surface area contributed by atoms with E-state index in [9.17, 15) is 0 Å². The van der Waals surface area contributed by atoms with E-state index in [4.69, 9.17) is 0 Å². The summed E-state index contributed by atoms with van der Waals surface area (Å²) in [6.07, 6.45) is 6.84. The Hall–Kier alpha value is -0.820. The first-order valence-corrected chi connectivity index (χ1v) is 7.37. The van der Waals surface area contributed by atoms with Gasteiger partial charge >= 0.3 is 0 Å². The molecule has 1 fully saturated rings. The van der Waals surface area contributed by atoms with Gasteiger partial charge in [-0.05, 0) is 51.1 Å². The van der Waals surface area contributed by atoms with Crippen LogP contribution in [-0.4, -0.2) is 7.05 Å². The van der Waals surface area contributed by atoms with Crippen molar-refractivity contribution in [2.75, 3.05) is 7.05 Å². The number of rotatable bonds is 4. The summed E-state index contributed by atoms with van der Waals surface area (Å²) in [4.78, 5) is 0. The minimum Gasteiger partial charge on any atom is -0.313 e. The summed E-state index contributed by atoms with van der Waals surface area (Å²) >= 11 is 0. The first-order valence-electron chi connectivity index (χ1n) is 7.37. The average molecular weight is 245 g/mol. The lowest BCUT2D eigenvalue weighted by molar-refractivity contribution is 0.195. The monoisotopic (exact) mass is 245 g/mol. The summed E-state index contributed by atoms with van der Waals surface area (Å²) in [6.45, 7) is 6.77. The molecule has 1 aliphatic carbocycles. The van der Waals surface area contributed by atoms with Crippen LogP contribution in [0.4, 0.5) is 0 Å². The standard InChI is InChI=1S/C17H27N/c1-5-17(8-6-7-9-17)16(18-4)15-11-13(2)10-14(3)12-15/h10-12,16,18H,5-9H2,1-4H3. The van der Waals surface area contributed by atoms with Crippen molar-refractivity contribution in [3.8, 4) is 0 Å². The van der Waals surface area contributed by atoms with Gasteiger partial charge in [0, 0.05) is 6.04 Å². The Morgan fingerprint density at radius 2 is 1.67 bits per heavy atom. The number of hydrogen-bond donors (Lipinski definition) is 1. The maximum absolute atomic E-state index is 3.61. The van der Waals surface area contributed by atoms with E-state index >= 15 is 0 Å². The highest BCUT2D eigenvalue weighted by Gasteiger charge is 2.39. The number of nitrogens with one attached hydrogen (secondary N) is 1. The van der Waals surface area contributed by atoms with Gasteiger partial charge in [0.05, 0.1) is 0 Å². The van der Waals surface area contributed by atoms with Gasteiger partial charge in [0.2, 0.25) is 0 Å². The normalized spacial score (nSPS) is 20.0. The molecule has 0 heterocycles. The zero-order chi connectivity index (χ0) is 13.2. The lowest BCUT2D eigenvalue weighted by Gasteiger charge is -2.37. The fraction of sp³-hybridized carbons (Fsp3) is 0.647. The van der Waals surface area contributed by atoms with Gasteiger partial charge in [-0.15, -0.1) is 0 Å². The fourth-order valence-electron chi connectivity index (χ4n) is 3.93. The molecule has 0 radical (unpaired) electrons. The first kappa shape index (κ1) is 13.6. The zero-order valence-corrected chi connectivity index (χ0v) is 12.3. The van der Waals surface area contributed by atoms with Crippen molar-refractivity contribution in [1.29, 1.82) is 0 Å². The van der Waals surface area contributed by atoms with Crippen LogP contribution in [0.2, 0.25) is 0 Å². The van der Waals surface area contributed by atoms with Crippen molar-refractivity contribution in [2.24, 2.45) is 5.41 Å². The third kappa shape index (κ3) is 2.47. The van der Waals surface area contributed by atoms with Crippen molar-refractivity contribution < 1.29 is 0 Å². The van der Waals surface area contributed by atoms with Crippen molar-refractivity contribution in [2.45, 2.75) is 58.9 Å². The van der Waals surface area contributed by atoms with Crippen LogP contribution >= 0.6 is 0 Å². The second-order valence-electron chi connectivity index (χ2n) is 6.07. The largest absolute Gasteiger partial charge is 0.313 e. The molecule has 1 unspecified atom stereocenters. The Kier molecular flexibility index (Phi) is 4.11. The van der Waals surface area contributed by atoms with Crippen molar-refractivity contribution in [3.05, 3.63) is 34.9 Å². The molecular formula is C17H27N. The molecule has 0 aliphatic heterocycles. The molecule has 0 spiro atoms. The zero-order valence-electron chi connectivity index (χ0n) is 12.3. The predicted octanol–water partition coefficient (Wildman–Crippen LogP) is 4.53. The molecule has 1 atom stereocenters. The Labute approximate surface area is 112 Å². The van der Waals surface area contributed by atoms with E-state index in [0.717, 1.165) is 0 Å². The lowest BCUT2D eigenvalue weighted by atomic mass is 9.73. The van der Waals surface area contributed by atoms with E-state index in [-0.39, 0.29) is 0 Å². The second kappa shape index (κ2) is 5.44. The fourth-order valence-corrected chi connectivity index (χ4v) is 3.93. The van der Waals surface area contributed by atoms with Crippen LogP contribution < -0.4 is 5.32 Å². The number of benzene rings is 1. The van der Waals surface area contributed by atoms with Crippen LogP contribution in [0.15, 0.2) is 18.2 Å². The van der Waals surface area contributed by atoms with E-state index in [1.807, 2.05) is 0 Å². The quantitative estimate of drug-likeness (QED) is 0.821. The van der Waals surface area contributed by atoms with Gasteiger partial charge in [-0.3, -0.25) is 0 Å². The molecule has 1 nitrogen and oxygen atoms in total. The van der Waals surface area contributed by atoms with Gasteiger partial charge < -0.3 is 5.32 Å². The molecule has 0 saturated heterocycles. The summed E-state index contributed by atoms with van der Waals surface area (Å²) in [5.41, 5.74) is 4.73. The lowest BCUT2D eigenvalue weighted by Crippen LogP contribution is -2.34. The van der Waals surface area contributed by atoms with E-state index in [1.54, 1.807) is 0 Å². The van der Waals surface area contributed by atoms with E-state index in [0.29, 0.717) is 11.5 Å². The van der Waals surface area contributed by atoms with Crippen LogP contribution in [-0.2, 0) is 0 Å². The molecule has 0 amide bonds. The average Bonchev–Trinajstić information content (AvgIpc) is 2.78. The Balaban J connectivity index is 2.37.